The minimum absolute atomic E-state index is 0.434. The third kappa shape index (κ3) is 3.51. The van der Waals surface area contributed by atoms with Gasteiger partial charge >= 0.3 is 0 Å². The molecule has 7 nitrogen and oxygen atoms in total. The molecule has 0 N–H and O–H groups in total. The molecule has 0 bridgehead atoms. The van der Waals surface area contributed by atoms with Crippen LogP contribution >= 0.6 is 0 Å². The second kappa shape index (κ2) is 9.51. The third-order valence-corrected chi connectivity index (χ3v) is 8.71. The van der Waals surface area contributed by atoms with Crippen LogP contribution in [0, 0.1) is 0 Å². The van der Waals surface area contributed by atoms with Crippen LogP contribution < -0.4 is 0 Å². The Labute approximate surface area is 261 Å². The minimum Gasteiger partial charge on any atom is -0.455 e. The first-order chi connectivity index (χ1) is 22.8. The van der Waals surface area contributed by atoms with Gasteiger partial charge in [0, 0.05) is 16.3 Å². The lowest BCUT2D eigenvalue weighted by Gasteiger charge is -2.16. The molecule has 46 heavy (non-hydrogen) atoms. The molecule has 10 rings (SSSR count). The van der Waals surface area contributed by atoms with E-state index >= 15 is 0 Å². The van der Waals surface area contributed by atoms with E-state index < -0.39 is 0 Å². The lowest BCUT2D eigenvalue weighted by molar-refractivity contribution is 0.578. The molecule has 4 aromatic heterocycles. The van der Waals surface area contributed by atoms with Gasteiger partial charge in [-0.2, -0.15) is 0 Å². The monoisotopic (exact) mass is 594 g/mol. The standard InChI is InChI=1S/C39H22N4O3/c1-2-11-23(12-3-1)24-13-4-5-15-26(24)32-33-38(37-34(41-22-44-37)35(32)43-21-40-29-18-7-8-19-30(29)43)46-39(42-33)28-17-10-16-27-25-14-6-9-20-31(25)45-36(27)28/h1-22H. The minimum atomic E-state index is 0.434. The molecule has 0 aliphatic heterocycles. The molecule has 0 amide bonds. The van der Waals surface area contributed by atoms with E-state index in [0.717, 1.165) is 66.5 Å². The van der Waals surface area contributed by atoms with Gasteiger partial charge in [0.15, 0.2) is 6.39 Å². The van der Waals surface area contributed by atoms with Crippen LogP contribution in [0.2, 0.25) is 0 Å². The molecule has 0 saturated carbocycles. The molecule has 0 aliphatic rings. The first-order valence-corrected chi connectivity index (χ1v) is 15.0. The molecule has 216 valence electrons. The van der Waals surface area contributed by atoms with Crippen molar-refractivity contribution in [2.45, 2.75) is 0 Å². The van der Waals surface area contributed by atoms with Gasteiger partial charge in [-0.3, -0.25) is 4.57 Å². The Balaban J connectivity index is 1.35. The zero-order valence-electron chi connectivity index (χ0n) is 24.2. The molecular weight excluding hydrogens is 572 g/mol. The Morgan fingerprint density at radius 2 is 1.30 bits per heavy atom. The van der Waals surface area contributed by atoms with Crippen LogP contribution in [0.5, 0.6) is 0 Å². The van der Waals surface area contributed by atoms with Crippen LogP contribution in [0.4, 0.5) is 0 Å². The molecule has 6 aromatic carbocycles. The smallest absolute Gasteiger partial charge is 0.231 e. The summed E-state index contributed by atoms with van der Waals surface area (Å²) in [6, 6.07) is 40.9. The SMILES string of the molecule is c1ccc(-c2ccccc2-c2c(-n3cnc4ccccc43)c3ncoc3c3oc(-c4cccc5c4oc4ccccc45)nc23)cc1. The lowest BCUT2D eigenvalue weighted by Crippen LogP contribution is -2.00. The van der Waals surface area contributed by atoms with Gasteiger partial charge in [-0.25, -0.2) is 15.0 Å². The quantitative estimate of drug-likeness (QED) is 0.202. The van der Waals surface area contributed by atoms with Crippen molar-refractivity contribution in [1.82, 2.24) is 19.5 Å². The normalized spacial score (nSPS) is 11.9. The van der Waals surface area contributed by atoms with Crippen molar-refractivity contribution in [3.05, 3.63) is 134 Å². The second-order valence-corrected chi connectivity index (χ2v) is 11.2. The highest BCUT2D eigenvalue weighted by molar-refractivity contribution is 6.15. The van der Waals surface area contributed by atoms with Crippen molar-refractivity contribution in [1.29, 1.82) is 0 Å². The number of imidazole rings is 1. The maximum absolute atomic E-state index is 6.67. The van der Waals surface area contributed by atoms with E-state index in [4.69, 9.17) is 28.2 Å². The van der Waals surface area contributed by atoms with Gasteiger partial charge in [0.25, 0.3) is 0 Å². The van der Waals surface area contributed by atoms with E-state index in [0.29, 0.717) is 28.1 Å². The summed E-state index contributed by atoms with van der Waals surface area (Å²) in [5, 5.41) is 2.04. The van der Waals surface area contributed by atoms with Crippen LogP contribution in [-0.4, -0.2) is 19.5 Å². The van der Waals surface area contributed by atoms with E-state index in [-0.39, 0.29) is 0 Å². The van der Waals surface area contributed by atoms with Crippen LogP contribution in [0.1, 0.15) is 0 Å². The molecule has 0 unspecified atom stereocenters. The van der Waals surface area contributed by atoms with E-state index in [1.54, 1.807) is 0 Å². The molecular formula is C39H22N4O3. The van der Waals surface area contributed by atoms with Gasteiger partial charge in [-0.15, -0.1) is 0 Å². The number of nitrogens with zero attached hydrogens (tertiary/aromatic N) is 4. The van der Waals surface area contributed by atoms with Gasteiger partial charge in [0.1, 0.15) is 28.5 Å². The number of hydrogen-bond acceptors (Lipinski definition) is 6. The Kier molecular flexibility index (Phi) is 5.15. The number of rotatable bonds is 4. The maximum Gasteiger partial charge on any atom is 0.231 e. The molecule has 7 heteroatoms. The molecule has 0 atom stereocenters. The molecule has 0 radical (unpaired) electrons. The highest BCUT2D eigenvalue weighted by Crippen LogP contribution is 2.46. The number of para-hydroxylation sites is 4. The van der Waals surface area contributed by atoms with Crippen molar-refractivity contribution >= 4 is 55.2 Å². The third-order valence-electron chi connectivity index (χ3n) is 8.71. The summed E-state index contributed by atoms with van der Waals surface area (Å²) < 4.78 is 21.2. The van der Waals surface area contributed by atoms with Crippen molar-refractivity contribution in [2.75, 3.05) is 0 Å². The van der Waals surface area contributed by atoms with E-state index in [1.165, 1.54) is 6.39 Å². The molecule has 0 fully saturated rings. The van der Waals surface area contributed by atoms with E-state index in [9.17, 15) is 0 Å². The van der Waals surface area contributed by atoms with Gasteiger partial charge in [0.05, 0.1) is 22.3 Å². The van der Waals surface area contributed by atoms with Crippen LogP contribution in [0.15, 0.2) is 147 Å². The van der Waals surface area contributed by atoms with Crippen molar-refractivity contribution in [2.24, 2.45) is 0 Å². The fraction of sp³-hybridized carbons (Fsp3) is 0. The van der Waals surface area contributed by atoms with Gasteiger partial charge in [-0.05, 0) is 41.0 Å². The molecule has 10 aromatic rings. The molecule has 0 spiro atoms. The predicted octanol–water partition coefficient (Wildman–Crippen LogP) is 10.2. The fourth-order valence-electron chi connectivity index (χ4n) is 6.68. The number of fused-ring (bicyclic) bond motifs is 7. The predicted molar refractivity (Wildman–Crippen MR) is 180 cm³/mol. The highest BCUT2D eigenvalue weighted by Gasteiger charge is 2.28. The molecule has 4 heterocycles. The van der Waals surface area contributed by atoms with Crippen molar-refractivity contribution in [3.63, 3.8) is 0 Å². The fourth-order valence-corrected chi connectivity index (χ4v) is 6.68. The lowest BCUT2D eigenvalue weighted by atomic mass is 9.92. The number of oxazole rings is 2. The first-order valence-electron chi connectivity index (χ1n) is 15.0. The van der Waals surface area contributed by atoms with E-state index in [1.807, 2.05) is 67.0 Å². The summed E-state index contributed by atoms with van der Waals surface area (Å²) >= 11 is 0. The Hall–Kier alpha value is -6.47. The van der Waals surface area contributed by atoms with Crippen LogP contribution in [0.3, 0.4) is 0 Å². The topological polar surface area (TPSA) is 83.0 Å². The summed E-state index contributed by atoms with van der Waals surface area (Å²) in [5.41, 5.74) is 11.3. The first kappa shape index (κ1) is 24.9. The average molecular weight is 595 g/mol. The summed E-state index contributed by atoms with van der Waals surface area (Å²) in [5.74, 6) is 0.434. The van der Waals surface area contributed by atoms with Crippen molar-refractivity contribution < 1.29 is 13.3 Å². The van der Waals surface area contributed by atoms with E-state index in [2.05, 4.69) is 65.2 Å². The molecule has 0 saturated heterocycles. The summed E-state index contributed by atoms with van der Waals surface area (Å²) in [7, 11) is 0. The summed E-state index contributed by atoms with van der Waals surface area (Å²) in [6.45, 7) is 0. The second-order valence-electron chi connectivity index (χ2n) is 11.2. The number of benzene rings is 6. The Morgan fingerprint density at radius 3 is 2.24 bits per heavy atom. The van der Waals surface area contributed by atoms with Gasteiger partial charge < -0.3 is 13.3 Å². The maximum atomic E-state index is 6.67. The zero-order chi connectivity index (χ0) is 30.2. The zero-order valence-corrected chi connectivity index (χ0v) is 24.2. The van der Waals surface area contributed by atoms with Gasteiger partial charge in [-0.1, -0.05) is 97.1 Å². The van der Waals surface area contributed by atoms with Crippen molar-refractivity contribution in [3.8, 4) is 39.4 Å². The molecule has 0 aliphatic carbocycles. The number of hydrogen-bond donors (Lipinski definition) is 0. The summed E-state index contributed by atoms with van der Waals surface area (Å²) in [6.07, 6.45) is 3.30. The largest absolute Gasteiger partial charge is 0.455 e. The Bertz CT molecular complexity index is 2770. The van der Waals surface area contributed by atoms with Crippen LogP contribution in [-0.2, 0) is 0 Å². The highest BCUT2D eigenvalue weighted by atomic mass is 16.4. The number of aromatic nitrogens is 4. The van der Waals surface area contributed by atoms with Crippen LogP contribution in [0.25, 0.3) is 94.6 Å². The average Bonchev–Trinajstić information content (AvgIpc) is 3.92. The van der Waals surface area contributed by atoms with Gasteiger partial charge in [0.2, 0.25) is 17.1 Å². The summed E-state index contributed by atoms with van der Waals surface area (Å²) in [4.78, 5) is 14.7. The number of furan rings is 1. The Morgan fingerprint density at radius 1 is 0.543 bits per heavy atom.